The first-order valence-electron chi connectivity index (χ1n) is 9.00. The third kappa shape index (κ3) is 3.82. The maximum Gasteiger partial charge on any atom is 0.280 e. The lowest BCUT2D eigenvalue weighted by atomic mass is 10.1. The zero-order valence-corrected chi connectivity index (χ0v) is 15.6. The second-order valence-electron chi connectivity index (χ2n) is 6.62. The molecular formula is C21H18F2N5O+. The van der Waals surface area contributed by atoms with Crippen LogP contribution in [-0.2, 0) is 6.54 Å². The van der Waals surface area contributed by atoms with Crippen molar-refractivity contribution in [3.63, 3.8) is 0 Å². The highest BCUT2D eigenvalue weighted by atomic mass is 19.3. The fraction of sp³-hybridized carbons (Fsp3) is 0.143. The van der Waals surface area contributed by atoms with Gasteiger partial charge in [-0.1, -0.05) is 29.8 Å². The van der Waals surface area contributed by atoms with Crippen molar-refractivity contribution in [3.05, 3.63) is 83.4 Å². The van der Waals surface area contributed by atoms with Crippen molar-refractivity contribution in [1.29, 1.82) is 0 Å². The number of aromatic amines is 1. The molecule has 0 aliphatic heterocycles. The minimum absolute atomic E-state index is 0.0931. The summed E-state index contributed by atoms with van der Waals surface area (Å²) in [6.45, 7) is 2.22. The van der Waals surface area contributed by atoms with Gasteiger partial charge in [-0.15, -0.1) is 0 Å². The zero-order valence-electron chi connectivity index (χ0n) is 15.6. The molecule has 0 radical (unpaired) electrons. The van der Waals surface area contributed by atoms with E-state index in [4.69, 9.17) is 0 Å². The molecule has 0 fully saturated rings. The second-order valence-corrected chi connectivity index (χ2v) is 6.62. The topological polar surface area (TPSA) is 73.4 Å². The predicted molar refractivity (Wildman–Crippen MR) is 102 cm³/mol. The van der Waals surface area contributed by atoms with Crippen LogP contribution in [-0.4, -0.2) is 20.5 Å². The molecule has 0 bridgehead atoms. The monoisotopic (exact) mass is 394 g/mol. The number of fused-ring (bicyclic) bond motifs is 1. The number of nitrogens with one attached hydrogen (secondary N) is 2. The van der Waals surface area contributed by atoms with Crippen LogP contribution >= 0.6 is 0 Å². The van der Waals surface area contributed by atoms with Gasteiger partial charge in [0.15, 0.2) is 18.0 Å². The smallest absolute Gasteiger partial charge is 0.280 e. The molecule has 0 aliphatic carbocycles. The zero-order chi connectivity index (χ0) is 20.4. The first-order valence-corrected chi connectivity index (χ1v) is 9.00. The number of H-pyrrole nitrogens is 1. The number of amides is 1. The van der Waals surface area contributed by atoms with Gasteiger partial charge in [-0.2, -0.15) is 5.10 Å². The van der Waals surface area contributed by atoms with E-state index in [0.717, 1.165) is 15.6 Å². The van der Waals surface area contributed by atoms with E-state index < -0.39 is 12.3 Å². The third-order valence-corrected chi connectivity index (χ3v) is 4.54. The van der Waals surface area contributed by atoms with Gasteiger partial charge in [0.25, 0.3) is 12.3 Å². The average Bonchev–Trinajstić information content (AvgIpc) is 3.16. The highest BCUT2D eigenvalue weighted by molar-refractivity contribution is 5.99. The van der Waals surface area contributed by atoms with Crippen molar-refractivity contribution in [3.8, 4) is 11.3 Å². The minimum Gasteiger partial charge on any atom is -0.348 e. The van der Waals surface area contributed by atoms with Crippen LogP contribution in [0.1, 0.15) is 33.6 Å². The number of carbonyl (C=O) groups excluding carboxylic acids is 1. The summed E-state index contributed by atoms with van der Waals surface area (Å²) in [6.07, 6.45) is 2.03. The van der Waals surface area contributed by atoms with E-state index in [9.17, 15) is 13.6 Å². The number of aromatic nitrogens is 4. The van der Waals surface area contributed by atoms with Crippen LogP contribution in [0.2, 0.25) is 0 Å². The van der Waals surface area contributed by atoms with Gasteiger partial charge in [0.05, 0.1) is 11.9 Å². The molecule has 0 aliphatic rings. The van der Waals surface area contributed by atoms with Gasteiger partial charge in [0, 0.05) is 23.7 Å². The van der Waals surface area contributed by atoms with Crippen LogP contribution in [0.4, 0.5) is 8.78 Å². The molecule has 0 atom stereocenters. The van der Waals surface area contributed by atoms with E-state index in [1.165, 1.54) is 12.3 Å². The van der Waals surface area contributed by atoms with Crippen LogP contribution in [0.25, 0.3) is 16.9 Å². The summed E-state index contributed by atoms with van der Waals surface area (Å²) in [4.78, 5) is 20.1. The Hall–Kier alpha value is -3.68. The summed E-state index contributed by atoms with van der Waals surface area (Å²) in [5, 5.41) is 6.74. The van der Waals surface area contributed by atoms with Gasteiger partial charge in [-0.25, -0.2) is 23.3 Å². The molecule has 1 amide bonds. The third-order valence-electron chi connectivity index (χ3n) is 4.54. The number of aryl methyl sites for hydroxylation is 1. The van der Waals surface area contributed by atoms with Gasteiger partial charge < -0.3 is 5.32 Å². The van der Waals surface area contributed by atoms with Crippen molar-refractivity contribution in [2.75, 3.05) is 0 Å². The first kappa shape index (κ1) is 18.7. The molecular weight excluding hydrogens is 376 g/mol. The van der Waals surface area contributed by atoms with Gasteiger partial charge in [0.1, 0.15) is 11.3 Å². The van der Waals surface area contributed by atoms with Crippen molar-refractivity contribution in [1.82, 2.24) is 19.9 Å². The molecule has 146 valence electrons. The number of hydrogen-bond acceptors (Lipinski definition) is 3. The van der Waals surface area contributed by atoms with Crippen LogP contribution in [0.5, 0.6) is 0 Å². The Morgan fingerprint density at radius 3 is 2.72 bits per heavy atom. The summed E-state index contributed by atoms with van der Waals surface area (Å²) in [7, 11) is 0. The molecule has 1 aromatic carbocycles. The van der Waals surface area contributed by atoms with Gasteiger partial charge in [0.2, 0.25) is 0 Å². The molecule has 6 nitrogen and oxygen atoms in total. The summed E-state index contributed by atoms with van der Waals surface area (Å²) >= 11 is 0. The number of rotatable bonds is 5. The molecule has 29 heavy (non-hydrogen) atoms. The number of nitrogens with zero attached hydrogens (tertiary/aromatic N) is 3. The van der Waals surface area contributed by atoms with Crippen LogP contribution in [0, 0.1) is 6.92 Å². The van der Waals surface area contributed by atoms with Crippen molar-refractivity contribution < 1.29 is 18.6 Å². The van der Waals surface area contributed by atoms with E-state index in [2.05, 4.69) is 20.4 Å². The van der Waals surface area contributed by atoms with E-state index >= 15 is 0 Å². The number of benzene rings is 1. The summed E-state index contributed by atoms with van der Waals surface area (Å²) in [5.41, 5.74) is 2.89. The maximum absolute atomic E-state index is 13.6. The van der Waals surface area contributed by atoms with Gasteiger partial charge in [-0.3, -0.25) is 4.79 Å². The molecule has 3 heterocycles. The molecule has 0 unspecified atom stereocenters. The Bertz CT molecular complexity index is 1160. The highest BCUT2D eigenvalue weighted by Crippen LogP contribution is 2.27. The van der Waals surface area contributed by atoms with Crippen LogP contribution < -0.4 is 10.3 Å². The van der Waals surface area contributed by atoms with Crippen LogP contribution in [0.15, 0.2) is 61.1 Å². The summed E-state index contributed by atoms with van der Waals surface area (Å²) < 4.78 is 28.3. The predicted octanol–water partition coefficient (Wildman–Crippen LogP) is 3.39. The summed E-state index contributed by atoms with van der Waals surface area (Å²) in [6, 6.07) is 12.4. The van der Waals surface area contributed by atoms with E-state index in [-0.39, 0.29) is 23.4 Å². The van der Waals surface area contributed by atoms with Crippen molar-refractivity contribution in [2.24, 2.45) is 0 Å². The normalized spacial score (nSPS) is 11.2. The van der Waals surface area contributed by atoms with E-state index in [1.54, 1.807) is 12.4 Å². The number of halogens is 2. The quantitative estimate of drug-likeness (QED) is 0.564. The molecule has 0 spiro atoms. The maximum atomic E-state index is 13.6. The number of hydrogen-bond donors (Lipinski definition) is 1. The Labute approximate surface area is 165 Å². The molecule has 3 aromatic heterocycles. The molecule has 4 rings (SSSR count). The Balaban J connectivity index is 1.73. The van der Waals surface area contributed by atoms with Crippen LogP contribution in [0.3, 0.4) is 0 Å². The lowest BCUT2D eigenvalue weighted by Crippen LogP contribution is -2.23. The lowest BCUT2D eigenvalue weighted by molar-refractivity contribution is -0.378. The van der Waals surface area contributed by atoms with Gasteiger partial charge >= 0.3 is 0 Å². The first-order chi connectivity index (χ1) is 14.0. The molecule has 2 N–H and O–H groups in total. The molecule has 0 saturated heterocycles. The number of carbonyl (C=O) groups is 1. The molecule has 4 aromatic rings. The lowest BCUT2D eigenvalue weighted by Gasteiger charge is -2.09. The Morgan fingerprint density at radius 1 is 1.24 bits per heavy atom. The molecule has 8 heteroatoms. The van der Waals surface area contributed by atoms with Crippen molar-refractivity contribution >= 4 is 11.6 Å². The minimum atomic E-state index is -2.76. The average molecular weight is 394 g/mol. The molecule has 0 saturated carbocycles. The van der Waals surface area contributed by atoms with Crippen molar-refractivity contribution in [2.45, 2.75) is 19.9 Å². The Kier molecular flexibility index (Phi) is 4.99. The second kappa shape index (κ2) is 7.75. The largest absolute Gasteiger partial charge is 0.348 e. The standard InChI is InChI=1S/C21H17F2N5O/c1-13-4-6-15(7-5-13)17-9-18(19(22)23)28-20(27-17)16(12-26-28)21(29)25-11-14-3-2-8-24-10-14/h2-10,12,19H,11H2,1H3,(H,25,29)/p+1. The number of alkyl halides is 2. The highest BCUT2D eigenvalue weighted by Gasteiger charge is 2.21. The SMILES string of the molecule is Cc1ccc(-c2cc(C(F)F)n3ncc(C(=O)NCc4ccc[nH+]c4)c3n2)cc1. The van der Waals surface area contributed by atoms with E-state index in [1.807, 2.05) is 43.3 Å². The Morgan fingerprint density at radius 2 is 2.03 bits per heavy atom. The fourth-order valence-electron chi connectivity index (χ4n) is 2.99. The number of pyridine rings is 1. The van der Waals surface area contributed by atoms with E-state index in [0.29, 0.717) is 11.3 Å². The fourth-order valence-corrected chi connectivity index (χ4v) is 2.99. The van der Waals surface area contributed by atoms with Gasteiger partial charge in [-0.05, 0) is 19.1 Å². The summed E-state index contributed by atoms with van der Waals surface area (Å²) in [5.74, 6) is -0.433.